The van der Waals surface area contributed by atoms with E-state index in [0.29, 0.717) is 0 Å². The highest BCUT2D eigenvalue weighted by atomic mass is 14.4. The van der Waals surface area contributed by atoms with Gasteiger partial charge in [-0.2, -0.15) is 0 Å². The first kappa shape index (κ1) is 17.3. The average molecular weight is 363 g/mol. The van der Waals surface area contributed by atoms with Crippen LogP contribution in [0.1, 0.15) is 48.9 Å². The molecule has 28 heavy (non-hydrogen) atoms. The molecule has 2 aliphatic carbocycles. The van der Waals surface area contributed by atoms with Crippen molar-refractivity contribution in [2.45, 2.75) is 39.0 Å². The van der Waals surface area contributed by atoms with Gasteiger partial charge >= 0.3 is 0 Å². The van der Waals surface area contributed by atoms with Crippen molar-refractivity contribution >= 4 is 5.57 Å². The molecule has 0 N–H and O–H groups in total. The maximum absolute atomic E-state index is 2.42. The fourth-order valence-electron chi connectivity index (χ4n) is 4.91. The van der Waals surface area contributed by atoms with Gasteiger partial charge in [0.2, 0.25) is 0 Å². The van der Waals surface area contributed by atoms with Crippen LogP contribution in [0.15, 0.2) is 78.9 Å². The van der Waals surface area contributed by atoms with Crippen LogP contribution in [0.25, 0.3) is 27.8 Å². The van der Waals surface area contributed by atoms with Crippen molar-refractivity contribution in [3.05, 3.63) is 101 Å². The summed E-state index contributed by atoms with van der Waals surface area (Å²) < 4.78 is 0. The Balaban J connectivity index is 1.84. The Morgan fingerprint density at radius 1 is 0.750 bits per heavy atom. The highest BCUT2D eigenvalue weighted by molar-refractivity contribution is 5.92. The summed E-state index contributed by atoms with van der Waals surface area (Å²) in [6.45, 7) is 6.95. The zero-order chi connectivity index (χ0) is 19.3. The largest absolute Gasteiger partial charge is 0.0836 e. The third-order valence-corrected chi connectivity index (χ3v) is 6.32. The van der Waals surface area contributed by atoms with Crippen LogP contribution in [0.3, 0.4) is 0 Å². The first-order valence-corrected chi connectivity index (χ1v) is 10.3. The van der Waals surface area contributed by atoms with Crippen LogP contribution in [-0.2, 0) is 5.41 Å². The lowest BCUT2D eigenvalue weighted by molar-refractivity contribution is 0.661. The SMILES string of the molecule is Cc1ccc2c(c1)C(C)(C)c1c(-c3ccccc3)cc(C3=CCCC=C3)cc1-2. The van der Waals surface area contributed by atoms with E-state index in [1.54, 1.807) is 0 Å². The van der Waals surface area contributed by atoms with Crippen LogP contribution in [-0.4, -0.2) is 0 Å². The Labute approximate surface area is 168 Å². The highest BCUT2D eigenvalue weighted by Gasteiger charge is 2.38. The Hall–Kier alpha value is -2.86. The van der Waals surface area contributed by atoms with Gasteiger partial charge in [0.05, 0.1) is 0 Å². The minimum Gasteiger partial charge on any atom is -0.0836 e. The molecule has 0 heterocycles. The molecule has 3 aromatic carbocycles. The Morgan fingerprint density at radius 2 is 1.54 bits per heavy atom. The van der Waals surface area contributed by atoms with Gasteiger partial charge in [0.25, 0.3) is 0 Å². The molecule has 0 spiro atoms. The molecule has 0 fully saturated rings. The van der Waals surface area contributed by atoms with E-state index in [9.17, 15) is 0 Å². The molecule has 3 aromatic rings. The topological polar surface area (TPSA) is 0 Å². The molecular formula is C28H26. The zero-order valence-electron chi connectivity index (χ0n) is 16.9. The highest BCUT2D eigenvalue weighted by Crippen LogP contribution is 2.53. The Kier molecular flexibility index (Phi) is 3.91. The van der Waals surface area contributed by atoms with Gasteiger partial charge in [-0.05, 0) is 76.4 Å². The number of rotatable bonds is 2. The average Bonchev–Trinajstić information content (AvgIpc) is 2.95. The van der Waals surface area contributed by atoms with Crippen molar-refractivity contribution in [1.82, 2.24) is 0 Å². The van der Waals surface area contributed by atoms with E-state index < -0.39 is 0 Å². The Morgan fingerprint density at radius 3 is 2.29 bits per heavy atom. The van der Waals surface area contributed by atoms with Crippen molar-refractivity contribution in [1.29, 1.82) is 0 Å². The fraction of sp³-hybridized carbons (Fsp3) is 0.214. The molecule has 0 amide bonds. The smallest absolute Gasteiger partial charge is 0.0165 e. The normalized spacial score (nSPS) is 16.5. The Bertz CT molecular complexity index is 1120. The second kappa shape index (κ2) is 6.34. The predicted octanol–water partition coefficient (Wildman–Crippen LogP) is 7.70. The van der Waals surface area contributed by atoms with E-state index >= 15 is 0 Å². The molecule has 0 nitrogen and oxygen atoms in total. The van der Waals surface area contributed by atoms with E-state index in [1.165, 1.54) is 50.1 Å². The third-order valence-electron chi connectivity index (χ3n) is 6.32. The lowest BCUT2D eigenvalue weighted by Gasteiger charge is -2.25. The van der Waals surface area contributed by atoms with Crippen LogP contribution in [0.5, 0.6) is 0 Å². The molecule has 0 unspecified atom stereocenters. The van der Waals surface area contributed by atoms with Gasteiger partial charge in [-0.1, -0.05) is 86.2 Å². The van der Waals surface area contributed by atoms with Gasteiger partial charge in [0.1, 0.15) is 0 Å². The quantitative estimate of drug-likeness (QED) is 0.438. The molecule has 0 bridgehead atoms. The van der Waals surface area contributed by atoms with Crippen LogP contribution >= 0.6 is 0 Å². The summed E-state index contributed by atoms with van der Waals surface area (Å²) in [7, 11) is 0. The van der Waals surface area contributed by atoms with Gasteiger partial charge in [-0.15, -0.1) is 0 Å². The second-order valence-corrected chi connectivity index (χ2v) is 8.63. The second-order valence-electron chi connectivity index (χ2n) is 8.63. The number of hydrogen-bond donors (Lipinski definition) is 0. The summed E-state index contributed by atoms with van der Waals surface area (Å²) in [6, 6.07) is 22.7. The molecule has 0 radical (unpaired) electrons. The maximum Gasteiger partial charge on any atom is 0.0165 e. The minimum atomic E-state index is -0.00280. The first-order valence-electron chi connectivity index (χ1n) is 10.3. The molecule has 5 rings (SSSR count). The van der Waals surface area contributed by atoms with Crippen LogP contribution in [0, 0.1) is 6.92 Å². The van der Waals surface area contributed by atoms with Crippen molar-refractivity contribution < 1.29 is 0 Å². The van der Waals surface area contributed by atoms with E-state index in [0.717, 1.165) is 12.8 Å². The van der Waals surface area contributed by atoms with E-state index in [1.807, 2.05) is 0 Å². The van der Waals surface area contributed by atoms with Crippen molar-refractivity contribution in [3.8, 4) is 22.3 Å². The molecule has 0 aliphatic heterocycles. The first-order chi connectivity index (χ1) is 13.6. The molecule has 0 saturated carbocycles. The molecule has 0 saturated heterocycles. The number of allylic oxidation sites excluding steroid dienone is 4. The molecule has 138 valence electrons. The van der Waals surface area contributed by atoms with Gasteiger partial charge in [-0.3, -0.25) is 0 Å². The van der Waals surface area contributed by atoms with Gasteiger partial charge in [-0.25, -0.2) is 0 Å². The molecule has 0 heteroatoms. The van der Waals surface area contributed by atoms with E-state index in [-0.39, 0.29) is 5.41 Å². The lowest BCUT2D eigenvalue weighted by Crippen LogP contribution is -2.16. The summed E-state index contributed by atoms with van der Waals surface area (Å²) in [6.07, 6.45) is 9.24. The number of aryl methyl sites for hydroxylation is 1. The lowest BCUT2D eigenvalue weighted by atomic mass is 9.77. The minimum absolute atomic E-state index is 0.00280. The van der Waals surface area contributed by atoms with E-state index in [2.05, 4.69) is 99.7 Å². The third kappa shape index (κ3) is 2.59. The predicted molar refractivity (Wildman–Crippen MR) is 121 cm³/mol. The number of fused-ring (bicyclic) bond motifs is 3. The molecular weight excluding hydrogens is 336 g/mol. The van der Waals surface area contributed by atoms with Gasteiger partial charge in [0.15, 0.2) is 0 Å². The van der Waals surface area contributed by atoms with Crippen LogP contribution in [0.4, 0.5) is 0 Å². The van der Waals surface area contributed by atoms with Crippen molar-refractivity contribution in [2.24, 2.45) is 0 Å². The molecule has 2 aliphatic rings. The van der Waals surface area contributed by atoms with Gasteiger partial charge < -0.3 is 0 Å². The van der Waals surface area contributed by atoms with Crippen molar-refractivity contribution in [3.63, 3.8) is 0 Å². The summed E-state index contributed by atoms with van der Waals surface area (Å²) in [5.74, 6) is 0. The van der Waals surface area contributed by atoms with Crippen LogP contribution < -0.4 is 0 Å². The van der Waals surface area contributed by atoms with Crippen molar-refractivity contribution in [2.75, 3.05) is 0 Å². The van der Waals surface area contributed by atoms with Gasteiger partial charge in [0, 0.05) is 5.41 Å². The summed E-state index contributed by atoms with van der Waals surface area (Å²) >= 11 is 0. The van der Waals surface area contributed by atoms with E-state index in [4.69, 9.17) is 0 Å². The number of hydrogen-bond acceptors (Lipinski definition) is 0. The summed E-state index contributed by atoms with van der Waals surface area (Å²) in [4.78, 5) is 0. The maximum atomic E-state index is 2.42. The number of benzene rings is 3. The monoisotopic (exact) mass is 362 g/mol. The zero-order valence-corrected chi connectivity index (χ0v) is 16.9. The fourth-order valence-corrected chi connectivity index (χ4v) is 4.91. The van der Waals surface area contributed by atoms with Crippen LogP contribution in [0.2, 0.25) is 0 Å². The molecule has 0 aromatic heterocycles. The standard InChI is InChI=1S/C28H26/c1-19-14-15-23-25-18-22(20-10-6-4-7-11-20)17-24(21-12-8-5-9-13-21)27(25)28(2,3)26(23)16-19/h5-6,8-18H,4,7H2,1-3H3. The summed E-state index contributed by atoms with van der Waals surface area (Å²) in [5, 5.41) is 0. The molecule has 0 atom stereocenters. The summed E-state index contributed by atoms with van der Waals surface area (Å²) in [5.41, 5.74) is 12.4.